The van der Waals surface area contributed by atoms with Gasteiger partial charge in [0, 0.05) is 6.04 Å². The molecule has 1 saturated heterocycles. The second kappa shape index (κ2) is 5.04. The Hall–Kier alpha value is -1.08. The highest BCUT2D eigenvalue weighted by atomic mass is 35.5. The fourth-order valence-electron chi connectivity index (χ4n) is 3.14. The van der Waals surface area contributed by atoms with E-state index in [0.29, 0.717) is 11.8 Å². The van der Waals surface area contributed by atoms with Crippen LogP contribution in [0.1, 0.15) is 18.4 Å². The molecule has 2 N–H and O–H groups in total. The summed E-state index contributed by atoms with van der Waals surface area (Å²) in [5.41, 5.74) is -0.948. The number of anilines is 1. The standard InChI is InChI=1S/C12H14ClF3N4/c13-11-9(12(14,15)16)3-10(19-20-11)18-8-1-6-4-17-5-7(6)2-8/h3,6-8,17H,1-2,4-5H2,(H,18,19)/t6-,7?,8+/m1/s1. The lowest BCUT2D eigenvalue weighted by molar-refractivity contribution is -0.137. The average molecular weight is 307 g/mol. The molecule has 2 aliphatic rings. The molecule has 3 rings (SSSR count). The summed E-state index contributed by atoms with van der Waals surface area (Å²) < 4.78 is 38.2. The zero-order valence-corrected chi connectivity index (χ0v) is 11.3. The molecule has 0 bridgehead atoms. The fourth-order valence-corrected chi connectivity index (χ4v) is 3.34. The molecule has 4 nitrogen and oxygen atoms in total. The smallest absolute Gasteiger partial charge is 0.366 e. The van der Waals surface area contributed by atoms with Crippen molar-refractivity contribution < 1.29 is 13.2 Å². The summed E-state index contributed by atoms with van der Waals surface area (Å²) in [5.74, 6) is 1.35. The highest BCUT2D eigenvalue weighted by Gasteiger charge is 2.38. The van der Waals surface area contributed by atoms with Crippen molar-refractivity contribution in [3.8, 4) is 0 Å². The Balaban J connectivity index is 1.72. The number of hydrogen-bond acceptors (Lipinski definition) is 4. The van der Waals surface area contributed by atoms with Crippen LogP contribution in [0, 0.1) is 11.8 Å². The number of halogens is 4. The van der Waals surface area contributed by atoms with Crippen LogP contribution in [0.3, 0.4) is 0 Å². The Morgan fingerprint density at radius 2 is 1.85 bits per heavy atom. The van der Waals surface area contributed by atoms with Gasteiger partial charge in [-0.3, -0.25) is 0 Å². The molecule has 1 aromatic rings. The van der Waals surface area contributed by atoms with Crippen LogP contribution in [0.2, 0.25) is 5.15 Å². The maximum absolute atomic E-state index is 12.7. The van der Waals surface area contributed by atoms with Crippen LogP contribution >= 0.6 is 11.6 Å². The molecule has 1 unspecified atom stereocenters. The van der Waals surface area contributed by atoms with Crippen molar-refractivity contribution in [1.29, 1.82) is 0 Å². The van der Waals surface area contributed by atoms with Crippen molar-refractivity contribution in [2.75, 3.05) is 18.4 Å². The molecular weight excluding hydrogens is 293 g/mol. The van der Waals surface area contributed by atoms with Gasteiger partial charge in [0.1, 0.15) is 5.82 Å². The summed E-state index contributed by atoms with van der Waals surface area (Å²) in [6.07, 6.45) is -2.62. The number of aromatic nitrogens is 2. The lowest BCUT2D eigenvalue weighted by Crippen LogP contribution is -2.21. The van der Waals surface area contributed by atoms with E-state index < -0.39 is 16.9 Å². The van der Waals surface area contributed by atoms with E-state index in [1.807, 2.05) is 0 Å². The van der Waals surface area contributed by atoms with Gasteiger partial charge in [-0.15, -0.1) is 10.2 Å². The van der Waals surface area contributed by atoms with Crippen LogP contribution in [0.5, 0.6) is 0 Å². The number of nitrogens with zero attached hydrogens (tertiary/aromatic N) is 2. The van der Waals surface area contributed by atoms with Gasteiger partial charge in [-0.05, 0) is 43.8 Å². The predicted octanol–water partition coefficient (Wildman–Crippen LogP) is 2.56. The van der Waals surface area contributed by atoms with E-state index in [1.165, 1.54) is 0 Å². The zero-order valence-electron chi connectivity index (χ0n) is 10.5. The SMILES string of the molecule is FC(F)(F)c1cc(N[C@@H]2CC3CNC[C@H]3C2)nnc1Cl. The minimum Gasteiger partial charge on any atom is -0.366 e. The molecule has 8 heteroatoms. The lowest BCUT2D eigenvalue weighted by atomic mass is 10.0. The molecule has 1 saturated carbocycles. The fraction of sp³-hybridized carbons (Fsp3) is 0.667. The molecule has 2 heterocycles. The summed E-state index contributed by atoms with van der Waals surface area (Å²) in [6.45, 7) is 1.98. The van der Waals surface area contributed by atoms with E-state index in [-0.39, 0.29) is 11.9 Å². The Bertz CT molecular complexity index is 496. The zero-order chi connectivity index (χ0) is 14.3. The molecule has 3 atom stereocenters. The van der Waals surface area contributed by atoms with Crippen molar-refractivity contribution in [2.24, 2.45) is 11.8 Å². The van der Waals surface area contributed by atoms with Crippen molar-refractivity contribution in [3.63, 3.8) is 0 Å². The average Bonchev–Trinajstić information content (AvgIpc) is 2.90. The number of alkyl halides is 3. The first kappa shape index (κ1) is 13.9. The van der Waals surface area contributed by atoms with E-state index in [1.54, 1.807) is 0 Å². The molecule has 1 aliphatic heterocycles. The minimum absolute atomic E-state index is 0.139. The normalized spacial score (nSPS) is 29.5. The van der Waals surface area contributed by atoms with Crippen LogP contribution in [-0.2, 0) is 6.18 Å². The molecule has 0 amide bonds. The minimum atomic E-state index is -4.51. The third kappa shape index (κ3) is 2.69. The van der Waals surface area contributed by atoms with Gasteiger partial charge in [-0.25, -0.2) is 0 Å². The highest BCUT2D eigenvalue weighted by Crippen LogP contribution is 2.37. The summed E-state index contributed by atoms with van der Waals surface area (Å²) in [6, 6.07) is 1.09. The summed E-state index contributed by atoms with van der Waals surface area (Å²) in [5, 5.41) is 12.8. The number of rotatable bonds is 2. The van der Waals surface area contributed by atoms with Crippen molar-refractivity contribution in [3.05, 3.63) is 16.8 Å². The van der Waals surface area contributed by atoms with Crippen molar-refractivity contribution >= 4 is 17.4 Å². The van der Waals surface area contributed by atoms with Gasteiger partial charge >= 0.3 is 6.18 Å². The van der Waals surface area contributed by atoms with Gasteiger partial charge in [0.05, 0.1) is 5.56 Å². The van der Waals surface area contributed by atoms with Crippen LogP contribution in [0.25, 0.3) is 0 Å². The number of nitrogens with one attached hydrogen (secondary N) is 2. The van der Waals surface area contributed by atoms with Gasteiger partial charge in [0.2, 0.25) is 0 Å². The van der Waals surface area contributed by atoms with Gasteiger partial charge in [0.15, 0.2) is 5.15 Å². The quantitative estimate of drug-likeness (QED) is 0.882. The van der Waals surface area contributed by atoms with Gasteiger partial charge in [-0.2, -0.15) is 13.2 Å². The molecule has 0 radical (unpaired) electrons. The summed E-state index contributed by atoms with van der Waals surface area (Å²) in [4.78, 5) is 0. The maximum Gasteiger partial charge on any atom is 0.419 e. The second-order valence-electron chi connectivity index (χ2n) is 5.42. The summed E-state index contributed by atoms with van der Waals surface area (Å²) in [7, 11) is 0. The summed E-state index contributed by atoms with van der Waals surface area (Å²) >= 11 is 5.45. The topological polar surface area (TPSA) is 49.8 Å². The molecule has 0 aromatic carbocycles. The predicted molar refractivity (Wildman–Crippen MR) is 68.5 cm³/mol. The lowest BCUT2D eigenvalue weighted by Gasteiger charge is -2.15. The Morgan fingerprint density at radius 3 is 2.45 bits per heavy atom. The Kier molecular flexibility index (Phi) is 3.50. The molecule has 1 aliphatic carbocycles. The van der Waals surface area contributed by atoms with E-state index in [4.69, 9.17) is 11.6 Å². The molecule has 110 valence electrons. The van der Waals surface area contributed by atoms with Gasteiger partial charge in [-0.1, -0.05) is 11.6 Å². The van der Waals surface area contributed by atoms with E-state index in [9.17, 15) is 13.2 Å². The molecular formula is C12H14ClF3N4. The van der Waals surface area contributed by atoms with E-state index in [2.05, 4.69) is 20.8 Å². The largest absolute Gasteiger partial charge is 0.419 e. The highest BCUT2D eigenvalue weighted by molar-refractivity contribution is 6.30. The first-order valence-corrected chi connectivity index (χ1v) is 6.89. The van der Waals surface area contributed by atoms with E-state index in [0.717, 1.165) is 32.0 Å². The molecule has 1 aromatic heterocycles. The number of fused-ring (bicyclic) bond motifs is 1. The van der Waals surface area contributed by atoms with Crippen LogP contribution < -0.4 is 10.6 Å². The van der Waals surface area contributed by atoms with Crippen LogP contribution in [-0.4, -0.2) is 29.3 Å². The third-order valence-corrected chi connectivity index (χ3v) is 4.34. The van der Waals surface area contributed by atoms with Gasteiger partial charge < -0.3 is 10.6 Å². The molecule has 20 heavy (non-hydrogen) atoms. The van der Waals surface area contributed by atoms with Crippen LogP contribution in [0.15, 0.2) is 6.07 Å². The third-order valence-electron chi connectivity index (χ3n) is 4.06. The Morgan fingerprint density at radius 1 is 1.20 bits per heavy atom. The second-order valence-corrected chi connectivity index (χ2v) is 5.78. The first-order valence-electron chi connectivity index (χ1n) is 6.51. The van der Waals surface area contributed by atoms with Crippen LogP contribution in [0.4, 0.5) is 19.0 Å². The van der Waals surface area contributed by atoms with Crippen molar-refractivity contribution in [1.82, 2.24) is 15.5 Å². The number of hydrogen-bond donors (Lipinski definition) is 2. The monoisotopic (exact) mass is 306 g/mol. The van der Waals surface area contributed by atoms with E-state index >= 15 is 0 Å². The molecule has 0 spiro atoms. The van der Waals surface area contributed by atoms with Crippen molar-refractivity contribution in [2.45, 2.75) is 25.1 Å². The maximum atomic E-state index is 12.7. The Labute approximate surface area is 119 Å². The van der Waals surface area contributed by atoms with Gasteiger partial charge in [0.25, 0.3) is 0 Å². The first-order chi connectivity index (χ1) is 9.43. The molecule has 2 fully saturated rings.